The fourth-order valence-electron chi connectivity index (χ4n) is 4.01. The van der Waals surface area contributed by atoms with E-state index in [4.69, 9.17) is 4.74 Å². The molecule has 0 aromatic heterocycles. The van der Waals surface area contributed by atoms with Crippen LogP contribution < -0.4 is 15.4 Å². The van der Waals surface area contributed by atoms with E-state index in [0.717, 1.165) is 44.5 Å². The van der Waals surface area contributed by atoms with Gasteiger partial charge in [-0.1, -0.05) is 42.5 Å². The highest BCUT2D eigenvalue weighted by atomic mass is 16.5. The molecule has 1 fully saturated rings. The van der Waals surface area contributed by atoms with Crippen molar-refractivity contribution in [1.29, 1.82) is 0 Å². The van der Waals surface area contributed by atoms with Crippen LogP contribution in [0.5, 0.6) is 5.75 Å². The number of nitrogens with one attached hydrogen (secondary N) is 2. The number of anilines is 2. The van der Waals surface area contributed by atoms with E-state index in [-0.39, 0.29) is 18.4 Å². The summed E-state index contributed by atoms with van der Waals surface area (Å²) in [5, 5.41) is 6.03. The van der Waals surface area contributed by atoms with Crippen molar-refractivity contribution in [2.45, 2.75) is 25.7 Å². The SMILES string of the molecule is O=C(CNc1ccc(C(=O)N2CCCC2)cc1)Nc1ccccc1OCCCc1ccccc1. The summed E-state index contributed by atoms with van der Waals surface area (Å²) in [6, 6.07) is 25.1. The molecular weight excluding hydrogens is 426 g/mol. The third kappa shape index (κ3) is 6.61. The molecule has 0 bridgehead atoms. The molecule has 0 aliphatic carbocycles. The van der Waals surface area contributed by atoms with E-state index >= 15 is 0 Å². The van der Waals surface area contributed by atoms with Crippen LogP contribution in [0.25, 0.3) is 0 Å². The van der Waals surface area contributed by atoms with E-state index in [0.29, 0.717) is 23.6 Å². The van der Waals surface area contributed by atoms with Gasteiger partial charge in [0.2, 0.25) is 5.91 Å². The molecule has 1 aliphatic heterocycles. The van der Waals surface area contributed by atoms with E-state index in [2.05, 4.69) is 22.8 Å². The minimum atomic E-state index is -0.169. The Morgan fingerprint density at radius 3 is 2.32 bits per heavy atom. The number of carbonyl (C=O) groups is 2. The van der Waals surface area contributed by atoms with E-state index in [1.54, 1.807) is 12.1 Å². The maximum atomic E-state index is 12.5. The maximum absolute atomic E-state index is 12.5. The molecule has 3 aromatic carbocycles. The average molecular weight is 458 g/mol. The maximum Gasteiger partial charge on any atom is 0.253 e. The Morgan fingerprint density at radius 2 is 1.56 bits per heavy atom. The van der Waals surface area contributed by atoms with Crippen molar-refractivity contribution < 1.29 is 14.3 Å². The summed E-state index contributed by atoms with van der Waals surface area (Å²) in [7, 11) is 0. The monoisotopic (exact) mass is 457 g/mol. The number of benzene rings is 3. The first kappa shape index (κ1) is 23.4. The highest BCUT2D eigenvalue weighted by molar-refractivity contribution is 5.96. The molecule has 6 heteroatoms. The standard InChI is InChI=1S/C28H31N3O3/c32-27(21-29-24-16-14-23(15-17-24)28(33)31-18-6-7-19-31)30-25-12-4-5-13-26(25)34-20-8-11-22-9-2-1-3-10-22/h1-5,9-10,12-17,29H,6-8,11,18-21H2,(H,30,32). The summed E-state index contributed by atoms with van der Waals surface area (Å²) in [4.78, 5) is 26.9. The highest BCUT2D eigenvalue weighted by Gasteiger charge is 2.19. The first-order chi connectivity index (χ1) is 16.7. The number of ether oxygens (including phenoxy) is 1. The molecule has 34 heavy (non-hydrogen) atoms. The van der Waals surface area contributed by atoms with Crippen LogP contribution >= 0.6 is 0 Å². The third-order valence-electron chi connectivity index (χ3n) is 5.85. The van der Waals surface area contributed by atoms with E-state index in [1.807, 2.05) is 59.5 Å². The Kier molecular flexibility index (Phi) is 8.17. The van der Waals surface area contributed by atoms with Gasteiger partial charge in [-0.2, -0.15) is 0 Å². The Labute approximate surface area is 200 Å². The number of likely N-dealkylation sites (tertiary alicyclic amines) is 1. The lowest BCUT2D eigenvalue weighted by Crippen LogP contribution is -2.27. The fourth-order valence-corrected chi connectivity index (χ4v) is 4.01. The Morgan fingerprint density at radius 1 is 0.853 bits per heavy atom. The Bertz CT molecular complexity index is 1080. The lowest BCUT2D eigenvalue weighted by atomic mass is 10.1. The van der Waals surface area contributed by atoms with Gasteiger partial charge < -0.3 is 20.3 Å². The predicted molar refractivity (Wildman–Crippen MR) is 135 cm³/mol. The molecular formula is C28H31N3O3. The van der Waals surface area contributed by atoms with Crippen LogP contribution in [0.1, 0.15) is 35.2 Å². The second-order valence-electron chi connectivity index (χ2n) is 8.41. The summed E-state index contributed by atoms with van der Waals surface area (Å²) >= 11 is 0. The summed E-state index contributed by atoms with van der Waals surface area (Å²) in [5.74, 6) is 0.563. The largest absolute Gasteiger partial charge is 0.491 e. The molecule has 1 heterocycles. The molecule has 2 amide bonds. The van der Waals surface area contributed by atoms with Crippen molar-refractivity contribution >= 4 is 23.2 Å². The van der Waals surface area contributed by atoms with Crippen molar-refractivity contribution in [2.75, 3.05) is 36.9 Å². The van der Waals surface area contributed by atoms with Crippen molar-refractivity contribution in [1.82, 2.24) is 4.90 Å². The summed E-state index contributed by atoms with van der Waals surface area (Å²) < 4.78 is 5.93. The number of nitrogens with zero attached hydrogens (tertiary/aromatic N) is 1. The molecule has 0 spiro atoms. The van der Waals surface area contributed by atoms with Crippen LogP contribution in [-0.2, 0) is 11.2 Å². The molecule has 0 unspecified atom stereocenters. The number of hydrogen-bond acceptors (Lipinski definition) is 4. The zero-order valence-electron chi connectivity index (χ0n) is 19.3. The van der Waals surface area contributed by atoms with E-state index < -0.39 is 0 Å². The van der Waals surface area contributed by atoms with E-state index in [1.165, 1.54) is 5.56 Å². The second-order valence-corrected chi connectivity index (χ2v) is 8.41. The Balaban J connectivity index is 1.23. The topological polar surface area (TPSA) is 70.7 Å². The van der Waals surface area contributed by atoms with Crippen molar-refractivity contribution in [3.8, 4) is 5.75 Å². The molecule has 176 valence electrons. The lowest BCUT2D eigenvalue weighted by molar-refractivity contribution is -0.114. The number of hydrogen-bond donors (Lipinski definition) is 2. The molecule has 6 nitrogen and oxygen atoms in total. The summed E-state index contributed by atoms with van der Waals surface area (Å²) in [5.41, 5.74) is 3.40. The number of para-hydroxylation sites is 2. The molecule has 0 saturated carbocycles. The quantitative estimate of drug-likeness (QED) is 0.421. The van der Waals surface area contributed by atoms with Crippen LogP contribution in [-0.4, -0.2) is 43.0 Å². The van der Waals surface area contributed by atoms with Crippen LogP contribution in [0.4, 0.5) is 11.4 Å². The molecule has 0 atom stereocenters. The molecule has 4 rings (SSSR count). The lowest BCUT2D eigenvalue weighted by Gasteiger charge is -2.15. The van der Waals surface area contributed by atoms with Gasteiger partial charge in [0.25, 0.3) is 5.91 Å². The molecule has 3 aromatic rings. The summed E-state index contributed by atoms with van der Waals surface area (Å²) in [6.45, 7) is 2.35. The van der Waals surface area contributed by atoms with Gasteiger partial charge in [0.15, 0.2) is 0 Å². The smallest absolute Gasteiger partial charge is 0.253 e. The van der Waals surface area contributed by atoms with Crippen molar-refractivity contribution in [3.05, 3.63) is 90.0 Å². The van der Waals surface area contributed by atoms with Crippen LogP contribution in [0.15, 0.2) is 78.9 Å². The molecule has 1 aliphatic rings. The van der Waals surface area contributed by atoms with Gasteiger partial charge in [-0.05, 0) is 67.6 Å². The molecule has 2 N–H and O–H groups in total. The van der Waals surface area contributed by atoms with Crippen LogP contribution in [0.2, 0.25) is 0 Å². The summed E-state index contributed by atoms with van der Waals surface area (Å²) in [6.07, 6.45) is 3.98. The van der Waals surface area contributed by atoms with Crippen LogP contribution in [0, 0.1) is 0 Å². The van der Waals surface area contributed by atoms with Gasteiger partial charge in [0.1, 0.15) is 5.75 Å². The first-order valence-electron chi connectivity index (χ1n) is 11.9. The van der Waals surface area contributed by atoms with Gasteiger partial charge in [-0.15, -0.1) is 0 Å². The number of carbonyl (C=O) groups excluding carboxylic acids is 2. The molecule has 0 radical (unpaired) electrons. The molecule has 1 saturated heterocycles. The number of aryl methyl sites for hydroxylation is 1. The number of amides is 2. The van der Waals surface area contributed by atoms with Gasteiger partial charge in [0, 0.05) is 24.3 Å². The van der Waals surface area contributed by atoms with E-state index in [9.17, 15) is 9.59 Å². The second kappa shape index (κ2) is 11.9. The van der Waals surface area contributed by atoms with Crippen molar-refractivity contribution in [3.63, 3.8) is 0 Å². The first-order valence-corrected chi connectivity index (χ1v) is 11.9. The van der Waals surface area contributed by atoms with Crippen molar-refractivity contribution in [2.24, 2.45) is 0 Å². The average Bonchev–Trinajstić information content (AvgIpc) is 3.42. The minimum absolute atomic E-state index is 0.0715. The van der Waals surface area contributed by atoms with Gasteiger partial charge in [-0.3, -0.25) is 9.59 Å². The zero-order chi connectivity index (χ0) is 23.6. The van der Waals surface area contributed by atoms with Gasteiger partial charge in [0.05, 0.1) is 18.8 Å². The fraction of sp³-hybridized carbons (Fsp3) is 0.286. The van der Waals surface area contributed by atoms with Gasteiger partial charge >= 0.3 is 0 Å². The normalized spacial score (nSPS) is 12.9. The minimum Gasteiger partial charge on any atom is -0.491 e. The van der Waals surface area contributed by atoms with Gasteiger partial charge in [-0.25, -0.2) is 0 Å². The Hall–Kier alpha value is -3.80. The highest BCUT2D eigenvalue weighted by Crippen LogP contribution is 2.24. The number of rotatable bonds is 10. The third-order valence-corrected chi connectivity index (χ3v) is 5.85. The van der Waals surface area contributed by atoms with Crippen LogP contribution in [0.3, 0.4) is 0 Å². The zero-order valence-corrected chi connectivity index (χ0v) is 19.3. The predicted octanol–water partition coefficient (Wildman–Crippen LogP) is 4.98.